The second-order valence-corrected chi connectivity index (χ2v) is 4.48. The third-order valence-electron chi connectivity index (χ3n) is 2.40. The average Bonchev–Trinajstić information content (AvgIpc) is 2.70. The minimum atomic E-state index is -0.865. The molecule has 5 heteroatoms. The van der Waals surface area contributed by atoms with Gasteiger partial charge in [-0.15, -0.1) is 0 Å². The molecule has 1 heterocycles. The van der Waals surface area contributed by atoms with Gasteiger partial charge in [0.15, 0.2) is 16.3 Å². The van der Waals surface area contributed by atoms with E-state index in [-0.39, 0.29) is 6.04 Å². The normalized spacial score (nSPS) is 12.7. The molecule has 0 aliphatic carbocycles. The first-order valence-corrected chi connectivity index (χ1v) is 5.80. The Morgan fingerprint density at radius 2 is 1.94 bits per heavy atom. The van der Waals surface area contributed by atoms with Crippen LogP contribution in [0.3, 0.4) is 0 Å². The zero-order chi connectivity index (χ0) is 12.4. The zero-order valence-corrected chi connectivity index (χ0v) is 10.4. The molecule has 2 nitrogen and oxygen atoms in total. The third-order valence-corrected chi connectivity index (χ3v) is 2.83. The predicted octanol–water partition coefficient (Wildman–Crippen LogP) is 3.56. The zero-order valence-electron chi connectivity index (χ0n) is 8.79. The summed E-state index contributed by atoms with van der Waals surface area (Å²) in [6, 6.07) is 6.85. The maximum atomic E-state index is 13.0. The molecule has 0 aliphatic heterocycles. The number of halogens is 3. The summed E-state index contributed by atoms with van der Waals surface area (Å²) in [6.07, 6.45) is 0.386. The van der Waals surface area contributed by atoms with Crippen molar-refractivity contribution in [3.05, 3.63) is 58.0 Å². The lowest BCUT2D eigenvalue weighted by Gasteiger charge is -2.08. The molecule has 2 N–H and O–H groups in total. The second kappa shape index (κ2) is 4.98. The Balaban J connectivity index is 2.12. The summed E-state index contributed by atoms with van der Waals surface area (Å²) in [6.45, 7) is 0. The standard InChI is InChI=1S/C12H10BrF2NO/c13-12-4-3-11(17-12)10(16)6-7-1-2-8(14)9(15)5-7/h1-5,10H,6,16H2. The lowest BCUT2D eigenvalue weighted by atomic mass is 10.0. The highest BCUT2D eigenvalue weighted by Crippen LogP contribution is 2.22. The molecule has 0 aliphatic rings. The van der Waals surface area contributed by atoms with E-state index in [1.165, 1.54) is 6.07 Å². The van der Waals surface area contributed by atoms with Gasteiger partial charge in [-0.2, -0.15) is 0 Å². The molecule has 0 spiro atoms. The Kier molecular flexibility index (Phi) is 3.59. The topological polar surface area (TPSA) is 39.2 Å². The highest BCUT2D eigenvalue weighted by atomic mass is 79.9. The maximum Gasteiger partial charge on any atom is 0.169 e. The van der Waals surface area contributed by atoms with Gasteiger partial charge in [-0.3, -0.25) is 0 Å². The fourth-order valence-electron chi connectivity index (χ4n) is 1.55. The molecule has 0 radical (unpaired) electrons. The molecule has 1 aromatic carbocycles. The Morgan fingerprint density at radius 3 is 2.53 bits per heavy atom. The fraction of sp³-hybridized carbons (Fsp3) is 0.167. The molecule has 1 aromatic heterocycles. The number of benzene rings is 1. The summed E-state index contributed by atoms with van der Waals surface area (Å²) in [5, 5.41) is 0. The molecule has 1 unspecified atom stereocenters. The van der Waals surface area contributed by atoms with Gasteiger partial charge in [0, 0.05) is 0 Å². The molecular formula is C12H10BrF2NO. The van der Waals surface area contributed by atoms with Crippen LogP contribution < -0.4 is 5.73 Å². The summed E-state index contributed by atoms with van der Waals surface area (Å²) < 4.78 is 31.6. The molecule has 90 valence electrons. The molecule has 0 bridgehead atoms. The van der Waals surface area contributed by atoms with Crippen molar-refractivity contribution in [2.45, 2.75) is 12.5 Å². The van der Waals surface area contributed by atoms with Gasteiger partial charge >= 0.3 is 0 Å². The molecular weight excluding hydrogens is 292 g/mol. The SMILES string of the molecule is NC(Cc1ccc(F)c(F)c1)c1ccc(Br)o1. The van der Waals surface area contributed by atoms with Crippen LogP contribution in [0.15, 0.2) is 39.4 Å². The van der Waals surface area contributed by atoms with Crippen molar-refractivity contribution in [3.63, 3.8) is 0 Å². The van der Waals surface area contributed by atoms with E-state index in [4.69, 9.17) is 10.2 Å². The number of hydrogen-bond acceptors (Lipinski definition) is 2. The molecule has 2 aromatic rings. The first-order valence-electron chi connectivity index (χ1n) is 5.01. The van der Waals surface area contributed by atoms with Gasteiger partial charge in [0.05, 0.1) is 6.04 Å². The Bertz CT molecular complexity index is 527. The van der Waals surface area contributed by atoms with Gasteiger partial charge in [0.25, 0.3) is 0 Å². The van der Waals surface area contributed by atoms with Crippen LogP contribution in [-0.2, 0) is 6.42 Å². The van der Waals surface area contributed by atoms with Crippen molar-refractivity contribution in [1.29, 1.82) is 0 Å². The van der Waals surface area contributed by atoms with Crippen LogP contribution >= 0.6 is 15.9 Å². The van der Waals surface area contributed by atoms with Crippen molar-refractivity contribution in [2.75, 3.05) is 0 Å². The quantitative estimate of drug-likeness (QED) is 0.941. The predicted molar refractivity (Wildman–Crippen MR) is 63.4 cm³/mol. The molecule has 0 saturated heterocycles. The van der Waals surface area contributed by atoms with Crippen molar-refractivity contribution in [3.8, 4) is 0 Å². The molecule has 0 saturated carbocycles. The van der Waals surface area contributed by atoms with E-state index in [9.17, 15) is 8.78 Å². The smallest absolute Gasteiger partial charge is 0.169 e. The van der Waals surface area contributed by atoms with Crippen LogP contribution in [0.2, 0.25) is 0 Å². The molecule has 0 amide bonds. The molecule has 2 rings (SSSR count). The van der Waals surface area contributed by atoms with Crippen molar-refractivity contribution in [1.82, 2.24) is 0 Å². The van der Waals surface area contributed by atoms with Gasteiger partial charge in [-0.25, -0.2) is 8.78 Å². The van der Waals surface area contributed by atoms with E-state index >= 15 is 0 Å². The summed E-state index contributed by atoms with van der Waals surface area (Å²) in [4.78, 5) is 0. The van der Waals surface area contributed by atoms with E-state index in [2.05, 4.69) is 15.9 Å². The first kappa shape index (κ1) is 12.3. The monoisotopic (exact) mass is 301 g/mol. The number of hydrogen-bond donors (Lipinski definition) is 1. The lowest BCUT2D eigenvalue weighted by Crippen LogP contribution is -2.12. The number of nitrogens with two attached hydrogens (primary N) is 1. The molecule has 1 atom stereocenters. The third kappa shape index (κ3) is 2.92. The van der Waals surface area contributed by atoms with E-state index < -0.39 is 11.6 Å². The number of rotatable bonds is 3. The Morgan fingerprint density at radius 1 is 1.18 bits per heavy atom. The van der Waals surface area contributed by atoms with E-state index in [0.717, 1.165) is 12.1 Å². The largest absolute Gasteiger partial charge is 0.453 e. The van der Waals surface area contributed by atoms with Crippen LogP contribution in [0.25, 0.3) is 0 Å². The summed E-state index contributed by atoms with van der Waals surface area (Å²) in [5.74, 6) is -1.13. The molecule has 17 heavy (non-hydrogen) atoms. The Labute approximate surface area is 106 Å². The van der Waals surface area contributed by atoms with Crippen molar-refractivity contribution >= 4 is 15.9 Å². The lowest BCUT2D eigenvalue weighted by molar-refractivity contribution is 0.447. The van der Waals surface area contributed by atoms with Gasteiger partial charge in [-0.05, 0) is 52.2 Å². The van der Waals surface area contributed by atoms with Gasteiger partial charge in [0.2, 0.25) is 0 Å². The summed E-state index contributed by atoms with van der Waals surface area (Å²) >= 11 is 3.18. The minimum Gasteiger partial charge on any atom is -0.453 e. The van der Waals surface area contributed by atoms with Gasteiger partial charge < -0.3 is 10.2 Å². The highest BCUT2D eigenvalue weighted by molar-refractivity contribution is 9.10. The van der Waals surface area contributed by atoms with Crippen LogP contribution in [0, 0.1) is 11.6 Å². The van der Waals surface area contributed by atoms with Gasteiger partial charge in [0.1, 0.15) is 5.76 Å². The maximum absolute atomic E-state index is 13.0. The van der Waals surface area contributed by atoms with Crippen molar-refractivity contribution < 1.29 is 13.2 Å². The minimum absolute atomic E-state index is 0.383. The fourth-order valence-corrected chi connectivity index (χ4v) is 1.87. The highest BCUT2D eigenvalue weighted by Gasteiger charge is 2.12. The van der Waals surface area contributed by atoms with Crippen molar-refractivity contribution in [2.24, 2.45) is 5.73 Å². The van der Waals surface area contributed by atoms with E-state index in [1.807, 2.05) is 0 Å². The van der Waals surface area contributed by atoms with Crippen LogP contribution in [0.5, 0.6) is 0 Å². The average molecular weight is 302 g/mol. The number of furan rings is 1. The molecule has 0 fully saturated rings. The van der Waals surface area contributed by atoms with E-state index in [1.54, 1.807) is 12.1 Å². The Hall–Kier alpha value is -1.20. The van der Waals surface area contributed by atoms with Crippen LogP contribution in [0.4, 0.5) is 8.78 Å². The first-order chi connectivity index (χ1) is 8.06. The van der Waals surface area contributed by atoms with Crippen LogP contribution in [-0.4, -0.2) is 0 Å². The van der Waals surface area contributed by atoms with Gasteiger partial charge in [-0.1, -0.05) is 6.07 Å². The summed E-state index contributed by atoms with van der Waals surface area (Å²) in [7, 11) is 0. The second-order valence-electron chi connectivity index (χ2n) is 3.70. The van der Waals surface area contributed by atoms with E-state index in [0.29, 0.717) is 22.4 Å². The summed E-state index contributed by atoms with van der Waals surface area (Å²) in [5.41, 5.74) is 6.53. The van der Waals surface area contributed by atoms with Crippen LogP contribution in [0.1, 0.15) is 17.4 Å².